The molecule has 0 bridgehead atoms. The number of fused-ring (bicyclic) bond motifs is 1. The lowest BCUT2D eigenvalue weighted by atomic mass is 9.85. The third kappa shape index (κ3) is 4.73. The van der Waals surface area contributed by atoms with Crippen molar-refractivity contribution in [2.45, 2.75) is 19.3 Å². The van der Waals surface area contributed by atoms with Crippen molar-refractivity contribution in [3.8, 4) is 6.07 Å². The lowest BCUT2D eigenvalue weighted by molar-refractivity contribution is 0.102. The maximum Gasteiger partial charge on any atom is 0.255 e. The highest BCUT2D eigenvalue weighted by molar-refractivity contribution is 6.33. The van der Waals surface area contributed by atoms with E-state index in [-0.39, 0.29) is 5.91 Å². The standard InChI is InChI=1S/C28H22ClN7O/c1-28(2,16-30)19-7-5-6-18(14-19)27(37)35-20-9-10-22(29)23(15-20)36(24-8-3-4-12-31-24)26-21-11-13-32-25(21)33-17-34-26/h3-15,17H,1-2H3,(H,35,37)(H,32,33,34). The molecule has 0 spiro atoms. The monoisotopic (exact) mass is 507 g/mol. The first-order valence-corrected chi connectivity index (χ1v) is 11.9. The second-order valence-corrected chi connectivity index (χ2v) is 9.31. The van der Waals surface area contributed by atoms with Crippen LogP contribution in [0.5, 0.6) is 0 Å². The van der Waals surface area contributed by atoms with E-state index in [1.807, 2.05) is 49.1 Å². The highest BCUT2D eigenvalue weighted by atomic mass is 35.5. The van der Waals surface area contributed by atoms with Gasteiger partial charge in [-0.05, 0) is 67.9 Å². The molecule has 2 aromatic carbocycles. The number of anilines is 4. The SMILES string of the molecule is CC(C)(C#N)c1cccc(C(=O)Nc2ccc(Cl)c(N(c3ccccn3)c3ncnc4[nH]ccc34)c2)c1. The van der Waals surface area contributed by atoms with Crippen LogP contribution in [0.2, 0.25) is 5.02 Å². The molecule has 3 heterocycles. The summed E-state index contributed by atoms with van der Waals surface area (Å²) in [6.07, 6.45) is 4.95. The molecule has 0 aliphatic rings. The third-order valence-corrected chi connectivity index (χ3v) is 6.31. The van der Waals surface area contributed by atoms with Crippen molar-refractivity contribution in [3.63, 3.8) is 0 Å². The van der Waals surface area contributed by atoms with Crippen molar-refractivity contribution >= 4 is 51.6 Å². The molecule has 0 aliphatic carbocycles. The van der Waals surface area contributed by atoms with E-state index >= 15 is 0 Å². The second kappa shape index (κ2) is 9.72. The van der Waals surface area contributed by atoms with Gasteiger partial charge in [0.05, 0.1) is 27.6 Å². The number of amides is 1. The zero-order valence-electron chi connectivity index (χ0n) is 20.1. The minimum atomic E-state index is -0.714. The van der Waals surface area contributed by atoms with E-state index in [4.69, 9.17) is 11.6 Å². The molecule has 5 rings (SSSR count). The Kier molecular flexibility index (Phi) is 6.30. The van der Waals surface area contributed by atoms with E-state index in [0.29, 0.717) is 39.2 Å². The van der Waals surface area contributed by atoms with Crippen LogP contribution in [-0.4, -0.2) is 25.8 Å². The fourth-order valence-electron chi connectivity index (χ4n) is 3.95. The van der Waals surface area contributed by atoms with Crippen molar-refractivity contribution < 1.29 is 4.79 Å². The summed E-state index contributed by atoms with van der Waals surface area (Å²) in [5.41, 5.74) is 2.29. The molecule has 5 aromatic rings. The molecule has 9 heteroatoms. The first-order valence-electron chi connectivity index (χ1n) is 11.5. The zero-order chi connectivity index (χ0) is 26.0. The predicted octanol–water partition coefficient (Wildman–Crippen LogP) is 6.53. The van der Waals surface area contributed by atoms with E-state index in [9.17, 15) is 10.1 Å². The fourth-order valence-corrected chi connectivity index (χ4v) is 4.15. The van der Waals surface area contributed by atoms with Crippen LogP contribution in [0.25, 0.3) is 11.0 Å². The zero-order valence-corrected chi connectivity index (χ0v) is 20.9. The van der Waals surface area contributed by atoms with Crippen molar-refractivity contribution in [1.29, 1.82) is 5.26 Å². The number of carbonyl (C=O) groups excluding carboxylic acids is 1. The average molecular weight is 508 g/mol. The largest absolute Gasteiger partial charge is 0.346 e. The molecule has 0 saturated carbocycles. The van der Waals surface area contributed by atoms with Crippen LogP contribution in [0, 0.1) is 11.3 Å². The smallest absolute Gasteiger partial charge is 0.255 e. The van der Waals surface area contributed by atoms with Gasteiger partial charge in [0, 0.05) is 23.6 Å². The van der Waals surface area contributed by atoms with E-state index in [0.717, 1.165) is 10.9 Å². The highest BCUT2D eigenvalue weighted by Gasteiger charge is 2.23. The minimum absolute atomic E-state index is 0.302. The summed E-state index contributed by atoms with van der Waals surface area (Å²) >= 11 is 6.69. The van der Waals surface area contributed by atoms with Crippen LogP contribution in [0.15, 0.2) is 85.5 Å². The van der Waals surface area contributed by atoms with Gasteiger partial charge in [-0.25, -0.2) is 15.0 Å². The van der Waals surface area contributed by atoms with Crippen LogP contribution in [0.4, 0.5) is 23.0 Å². The van der Waals surface area contributed by atoms with Crippen LogP contribution >= 0.6 is 11.6 Å². The summed E-state index contributed by atoms with van der Waals surface area (Å²) in [6.45, 7) is 3.63. The average Bonchev–Trinajstić information content (AvgIpc) is 3.41. The third-order valence-electron chi connectivity index (χ3n) is 5.99. The Hall–Kier alpha value is -4.74. The molecule has 0 radical (unpaired) electrons. The fraction of sp³-hybridized carbons (Fsp3) is 0.107. The topological polar surface area (TPSA) is 111 Å². The van der Waals surface area contributed by atoms with Gasteiger partial charge < -0.3 is 10.3 Å². The number of halogens is 1. The molecule has 182 valence electrons. The first-order chi connectivity index (χ1) is 17.9. The Bertz CT molecular complexity index is 1640. The molecule has 1 amide bonds. The van der Waals surface area contributed by atoms with Gasteiger partial charge in [0.15, 0.2) is 5.82 Å². The number of carbonyl (C=O) groups is 1. The quantitative estimate of drug-likeness (QED) is 0.270. The number of pyridine rings is 1. The number of nitrogens with one attached hydrogen (secondary N) is 2. The molecule has 2 N–H and O–H groups in total. The lowest BCUT2D eigenvalue weighted by Crippen LogP contribution is -2.17. The van der Waals surface area contributed by atoms with Crippen LogP contribution in [-0.2, 0) is 5.41 Å². The van der Waals surface area contributed by atoms with E-state index < -0.39 is 5.41 Å². The highest BCUT2D eigenvalue weighted by Crippen LogP contribution is 2.40. The van der Waals surface area contributed by atoms with Crippen molar-refractivity contribution in [3.05, 3.63) is 102 Å². The van der Waals surface area contributed by atoms with E-state index in [1.54, 1.807) is 48.8 Å². The maximum absolute atomic E-state index is 13.2. The molecule has 3 aromatic heterocycles. The van der Waals surface area contributed by atoms with Crippen molar-refractivity contribution in [1.82, 2.24) is 19.9 Å². The lowest BCUT2D eigenvalue weighted by Gasteiger charge is -2.25. The number of hydrogen-bond donors (Lipinski definition) is 2. The molecule has 8 nitrogen and oxygen atoms in total. The molecule has 0 aliphatic heterocycles. The van der Waals surface area contributed by atoms with Gasteiger partial charge in [-0.3, -0.25) is 9.69 Å². The summed E-state index contributed by atoms with van der Waals surface area (Å²) in [6, 6.07) is 22.0. The number of nitriles is 1. The summed E-state index contributed by atoms with van der Waals surface area (Å²) < 4.78 is 0. The minimum Gasteiger partial charge on any atom is -0.346 e. The molecule has 0 fully saturated rings. The summed E-state index contributed by atoms with van der Waals surface area (Å²) in [5, 5.41) is 13.7. The summed E-state index contributed by atoms with van der Waals surface area (Å²) in [7, 11) is 0. The molecular formula is C28H22ClN7O. The van der Waals surface area contributed by atoms with Gasteiger partial charge in [0.1, 0.15) is 17.8 Å². The Morgan fingerprint density at radius 2 is 1.92 bits per heavy atom. The van der Waals surface area contributed by atoms with Crippen molar-refractivity contribution in [2.75, 3.05) is 10.2 Å². The van der Waals surface area contributed by atoms with Crippen LogP contribution < -0.4 is 10.2 Å². The maximum atomic E-state index is 13.2. The van der Waals surface area contributed by atoms with E-state index in [1.165, 1.54) is 6.33 Å². The van der Waals surface area contributed by atoms with Gasteiger partial charge in [-0.2, -0.15) is 5.26 Å². The number of aromatic amines is 1. The normalized spacial score (nSPS) is 11.2. The van der Waals surface area contributed by atoms with Crippen LogP contribution in [0.1, 0.15) is 29.8 Å². The summed E-state index contributed by atoms with van der Waals surface area (Å²) in [4.78, 5) is 31.4. The van der Waals surface area contributed by atoms with Gasteiger partial charge in [0.2, 0.25) is 0 Å². The number of benzene rings is 2. The van der Waals surface area contributed by atoms with Crippen molar-refractivity contribution in [2.24, 2.45) is 0 Å². The van der Waals surface area contributed by atoms with Crippen LogP contribution in [0.3, 0.4) is 0 Å². The first kappa shape index (κ1) is 24.0. The van der Waals surface area contributed by atoms with Gasteiger partial charge in [-0.15, -0.1) is 0 Å². The van der Waals surface area contributed by atoms with Gasteiger partial charge in [0.25, 0.3) is 5.91 Å². The number of rotatable bonds is 6. The molecular weight excluding hydrogens is 486 g/mol. The Labute approximate surface area is 218 Å². The Balaban J connectivity index is 1.55. The molecule has 37 heavy (non-hydrogen) atoms. The molecule has 0 unspecified atom stereocenters. The number of nitrogens with zero attached hydrogens (tertiary/aromatic N) is 5. The molecule has 0 saturated heterocycles. The number of hydrogen-bond acceptors (Lipinski definition) is 6. The number of aromatic nitrogens is 4. The Morgan fingerprint density at radius 3 is 2.70 bits per heavy atom. The predicted molar refractivity (Wildman–Crippen MR) is 144 cm³/mol. The van der Waals surface area contributed by atoms with E-state index in [2.05, 4.69) is 31.3 Å². The molecule has 0 atom stereocenters. The van der Waals surface area contributed by atoms with Gasteiger partial charge in [-0.1, -0.05) is 29.8 Å². The Morgan fingerprint density at radius 1 is 1.05 bits per heavy atom. The van der Waals surface area contributed by atoms with Gasteiger partial charge >= 0.3 is 0 Å². The number of H-pyrrole nitrogens is 1. The second-order valence-electron chi connectivity index (χ2n) is 8.90. The summed E-state index contributed by atoms with van der Waals surface area (Å²) in [5.74, 6) is 0.880.